The zero-order chi connectivity index (χ0) is 66.2. The molecule has 0 aliphatic carbocycles. The number of hydrogen-bond acceptors (Lipinski definition) is 10. The molecule has 0 aliphatic rings. The summed E-state index contributed by atoms with van der Waals surface area (Å²) in [6, 6.07) is 110. The van der Waals surface area contributed by atoms with Gasteiger partial charge >= 0.3 is 0 Å². The fourth-order valence-electron chi connectivity index (χ4n) is 11.8. The quantitative estimate of drug-likeness (QED) is 0.123. The molecule has 17 rings (SSSR count). The Morgan fingerprint density at radius 1 is 0.184 bits per heavy atom. The van der Waals surface area contributed by atoms with Gasteiger partial charge in [0, 0.05) is 44.2 Å². The number of aromatic nitrogens is 9. The molecule has 0 N–H and O–H groups in total. The third kappa shape index (κ3) is 13.8. The fraction of sp³-hybridized carbons (Fsp3) is 0. The number of halogens is 3. The van der Waals surface area contributed by atoms with E-state index in [1.807, 2.05) is 176 Å². The van der Waals surface area contributed by atoms with Crippen LogP contribution in [-0.2, 0) is 0 Å². The van der Waals surface area contributed by atoms with Crippen LogP contribution >= 0.6 is 34.8 Å². The van der Waals surface area contributed by atoms with E-state index in [2.05, 4.69) is 187 Å². The van der Waals surface area contributed by atoms with Crippen molar-refractivity contribution in [2.45, 2.75) is 0 Å². The van der Waals surface area contributed by atoms with Gasteiger partial charge in [-0.05, 0) is 132 Å². The minimum absolute atomic E-state index is 0.161. The standard InChI is InChI=1S/C31H20ClN3.C27H16ClN3O.C27H18ClN3/c32-31-34-29(33-30(35-31)27-17-9-15-22-14-7-8-16-25(22)27)24-18-19-26(21-10-3-1-4-11-21)28(20-24)23-12-5-2-6-13-23;28-27-30-25(19-12-10-18(11-13-19)17-6-2-1-3-7-17)29-26(31-27)20-14-15-24-22(16-20)21-8-4-5-9-23(21)32-24;28-27-30-25(23-15-11-21(12-16-23)19-7-3-1-4-8-19)29-26(31-27)24-17-13-22(14-18-24)20-9-5-2-6-10-20/h1-20H;1-16H;1-18H. The summed E-state index contributed by atoms with van der Waals surface area (Å²) in [7, 11) is 0. The number of hydrogen-bond donors (Lipinski definition) is 0. The summed E-state index contributed by atoms with van der Waals surface area (Å²) in [6.07, 6.45) is 0. The molecule has 0 atom stereocenters. The van der Waals surface area contributed by atoms with Crippen LogP contribution in [0.1, 0.15) is 0 Å². The minimum atomic E-state index is 0.161. The molecule has 0 spiro atoms. The molecule has 0 radical (unpaired) electrons. The lowest BCUT2D eigenvalue weighted by Gasteiger charge is -2.13. The number of para-hydroxylation sites is 1. The molecule has 0 bridgehead atoms. The summed E-state index contributed by atoms with van der Waals surface area (Å²) in [5.41, 5.74) is 18.5. The van der Waals surface area contributed by atoms with Crippen LogP contribution in [0.15, 0.2) is 332 Å². The van der Waals surface area contributed by atoms with Crippen molar-refractivity contribution < 1.29 is 4.42 Å². The molecule has 0 amide bonds. The Morgan fingerprint density at radius 2 is 0.500 bits per heavy atom. The second-order valence-corrected chi connectivity index (χ2v) is 23.9. The SMILES string of the molecule is Clc1nc(-c2ccc(-c3ccccc3)c(-c3ccccc3)c2)nc(-c2cccc3ccccc23)n1.Clc1nc(-c2ccc(-c3ccccc3)cc2)nc(-c2ccc(-c3ccccc3)cc2)n1.Clc1nc(-c2ccc(-c3ccccc3)cc2)nc(-c2ccc3oc4ccccc4c3c2)n1. The molecule has 0 unspecified atom stereocenters. The predicted molar refractivity (Wildman–Crippen MR) is 399 cm³/mol. The molecule has 10 nitrogen and oxygen atoms in total. The topological polar surface area (TPSA) is 129 Å². The average Bonchev–Trinajstić information content (AvgIpc) is 1.47. The van der Waals surface area contributed by atoms with Gasteiger partial charge in [0.2, 0.25) is 15.9 Å². The van der Waals surface area contributed by atoms with Gasteiger partial charge in [-0.15, -0.1) is 0 Å². The molecule has 0 fully saturated rings. The first-order chi connectivity index (χ1) is 48.3. The van der Waals surface area contributed by atoms with Gasteiger partial charge in [0.1, 0.15) is 11.2 Å². The third-order valence-electron chi connectivity index (χ3n) is 16.7. The van der Waals surface area contributed by atoms with Crippen molar-refractivity contribution in [2.24, 2.45) is 0 Å². The number of furan rings is 1. The molecular weight excluding hydrogens is 1270 g/mol. The molecular formula is C85H54Cl3N9O. The molecule has 466 valence electrons. The Morgan fingerprint density at radius 3 is 0.980 bits per heavy atom. The van der Waals surface area contributed by atoms with Gasteiger partial charge in [-0.1, -0.05) is 297 Å². The maximum absolute atomic E-state index is 6.42. The fourth-order valence-corrected chi connectivity index (χ4v) is 12.3. The number of rotatable bonds is 11. The highest BCUT2D eigenvalue weighted by Crippen LogP contribution is 2.38. The number of nitrogens with zero attached hydrogens (tertiary/aromatic N) is 9. The summed E-state index contributed by atoms with van der Waals surface area (Å²) in [5.74, 6) is 3.29. The predicted octanol–water partition coefficient (Wildman–Crippen LogP) is 23.0. The van der Waals surface area contributed by atoms with Crippen LogP contribution < -0.4 is 0 Å². The minimum Gasteiger partial charge on any atom is -0.456 e. The summed E-state index contributed by atoms with van der Waals surface area (Å²) in [6.45, 7) is 0. The van der Waals surface area contributed by atoms with Crippen LogP contribution in [0.4, 0.5) is 0 Å². The van der Waals surface area contributed by atoms with E-state index in [9.17, 15) is 0 Å². The highest BCUT2D eigenvalue weighted by Gasteiger charge is 2.18. The molecule has 4 aromatic heterocycles. The van der Waals surface area contributed by atoms with Crippen molar-refractivity contribution >= 4 is 67.5 Å². The summed E-state index contributed by atoms with van der Waals surface area (Å²) in [5, 5.41) is 4.79. The zero-order valence-electron chi connectivity index (χ0n) is 52.2. The van der Waals surface area contributed by atoms with E-state index in [0.717, 1.165) is 111 Å². The lowest BCUT2D eigenvalue weighted by molar-refractivity contribution is 0.669. The first-order valence-electron chi connectivity index (χ1n) is 31.6. The first-order valence-corrected chi connectivity index (χ1v) is 32.8. The van der Waals surface area contributed by atoms with Gasteiger partial charge in [0.05, 0.1) is 0 Å². The van der Waals surface area contributed by atoms with E-state index in [1.165, 1.54) is 11.1 Å². The van der Waals surface area contributed by atoms with E-state index in [1.54, 1.807) is 0 Å². The number of benzene rings is 13. The van der Waals surface area contributed by atoms with Crippen LogP contribution in [0.25, 0.3) is 157 Å². The van der Waals surface area contributed by atoms with Crippen LogP contribution in [0.2, 0.25) is 15.9 Å². The van der Waals surface area contributed by atoms with Gasteiger partial charge < -0.3 is 4.42 Å². The van der Waals surface area contributed by atoms with Crippen LogP contribution in [0.3, 0.4) is 0 Å². The second-order valence-electron chi connectivity index (χ2n) is 22.9. The molecule has 4 heterocycles. The highest BCUT2D eigenvalue weighted by molar-refractivity contribution is 6.29. The second kappa shape index (κ2) is 28.4. The molecule has 0 saturated carbocycles. The molecule has 0 aliphatic heterocycles. The van der Waals surface area contributed by atoms with Gasteiger partial charge in [-0.3, -0.25) is 0 Å². The lowest BCUT2D eigenvalue weighted by Crippen LogP contribution is -1.98. The Balaban J connectivity index is 0.000000120. The largest absolute Gasteiger partial charge is 0.456 e. The van der Waals surface area contributed by atoms with Crippen molar-refractivity contribution in [1.82, 2.24) is 44.9 Å². The molecule has 0 saturated heterocycles. The molecule has 17 aromatic rings. The normalized spacial score (nSPS) is 11.0. The van der Waals surface area contributed by atoms with Gasteiger partial charge in [-0.25, -0.2) is 15.0 Å². The Labute approximate surface area is 580 Å². The van der Waals surface area contributed by atoms with E-state index >= 15 is 0 Å². The highest BCUT2D eigenvalue weighted by atomic mass is 35.5. The van der Waals surface area contributed by atoms with Crippen LogP contribution in [0, 0.1) is 0 Å². The van der Waals surface area contributed by atoms with Gasteiger partial charge in [-0.2, -0.15) is 29.9 Å². The van der Waals surface area contributed by atoms with Crippen molar-refractivity contribution in [2.75, 3.05) is 0 Å². The van der Waals surface area contributed by atoms with E-state index in [0.29, 0.717) is 34.9 Å². The van der Waals surface area contributed by atoms with Gasteiger partial charge in [0.25, 0.3) is 0 Å². The smallest absolute Gasteiger partial charge is 0.226 e. The van der Waals surface area contributed by atoms with Crippen molar-refractivity contribution in [1.29, 1.82) is 0 Å². The van der Waals surface area contributed by atoms with E-state index in [-0.39, 0.29) is 15.9 Å². The Hall–Kier alpha value is -12.2. The van der Waals surface area contributed by atoms with Gasteiger partial charge in [0.15, 0.2) is 34.9 Å². The van der Waals surface area contributed by atoms with Crippen molar-refractivity contribution in [3.63, 3.8) is 0 Å². The summed E-state index contributed by atoms with van der Waals surface area (Å²) < 4.78 is 5.93. The Bertz CT molecular complexity index is 5530. The molecule has 13 aromatic carbocycles. The Kier molecular flexibility index (Phi) is 18.0. The number of fused-ring (bicyclic) bond motifs is 4. The molecule has 13 heteroatoms. The molecule has 98 heavy (non-hydrogen) atoms. The lowest BCUT2D eigenvalue weighted by atomic mass is 9.92. The van der Waals surface area contributed by atoms with Crippen LogP contribution in [0.5, 0.6) is 0 Å². The maximum atomic E-state index is 6.42. The van der Waals surface area contributed by atoms with E-state index < -0.39 is 0 Å². The zero-order valence-corrected chi connectivity index (χ0v) is 54.5. The third-order valence-corrected chi connectivity index (χ3v) is 17.2. The van der Waals surface area contributed by atoms with Crippen LogP contribution in [-0.4, -0.2) is 44.9 Å². The summed E-state index contributed by atoms with van der Waals surface area (Å²) in [4.78, 5) is 40.6. The van der Waals surface area contributed by atoms with Crippen molar-refractivity contribution in [3.8, 4) is 124 Å². The maximum Gasteiger partial charge on any atom is 0.226 e. The van der Waals surface area contributed by atoms with E-state index in [4.69, 9.17) is 49.2 Å². The average molecular weight is 1320 g/mol. The first kappa shape index (κ1) is 62.0. The van der Waals surface area contributed by atoms with Crippen molar-refractivity contribution in [3.05, 3.63) is 343 Å². The monoisotopic (exact) mass is 1320 g/mol. The summed E-state index contributed by atoms with van der Waals surface area (Å²) >= 11 is 19.0.